The number of carbonyl (C=O) groups is 1. The first-order valence-electron chi connectivity index (χ1n) is 12.0. The smallest absolute Gasteiger partial charge is 0.240 e. The highest BCUT2D eigenvalue weighted by Gasteiger charge is 2.29. The zero-order valence-electron chi connectivity index (χ0n) is 20.2. The Hall–Kier alpha value is -4.11. The fourth-order valence-corrected chi connectivity index (χ4v) is 4.47. The maximum atomic E-state index is 13.9. The van der Waals surface area contributed by atoms with E-state index in [1.54, 1.807) is 17.0 Å². The number of benzene rings is 3. The average molecular weight is 506 g/mol. The number of aromatic nitrogens is 2. The number of imidazole rings is 1. The van der Waals surface area contributed by atoms with Gasteiger partial charge >= 0.3 is 0 Å². The minimum absolute atomic E-state index is 0.173. The van der Waals surface area contributed by atoms with Crippen molar-refractivity contribution in [1.82, 2.24) is 14.5 Å². The molecule has 0 saturated heterocycles. The Morgan fingerprint density at radius 2 is 1.73 bits per heavy atom. The molecular weight excluding hydrogens is 479 g/mol. The molecule has 3 aromatic carbocycles. The van der Waals surface area contributed by atoms with E-state index in [4.69, 9.17) is 10.7 Å². The molecule has 1 aromatic heterocycles. The van der Waals surface area contributed by atoms with Gasteiger partial charge in [0.1, 0.15) is 23.2 Å². The van der Waals surface area contributed by atoms with Crippen LogP contribution in [0.4, 0.5) is 24.7 Å². The Bertz CT molecular complexity index is 1430. The fraction of sp³-hybridized carbons (Fsp3) is 0.214. The lowest BCUT2D eigenvalue weighted by Gasteiger charge is -2.30. The Labute approximate surface area is 212 Å². The first-order valence-corrected chi connectivity index (χ1v) is 12.0. The van der Waals surface area contributed by atoms with Crippen LogP contribution in [0, 0.1) is 24.4 Å². The van der Waals surface area contributed by atoms with Crippen LogP contribution in [0.1, 0.15) is 17.0 Å². The third-order valence-electron chi connectivity index (χ3n) is 6.48. The number of hydrogen-bond acceptors (Lipinski definition) is 4. The molecule has 0 unspecified atom stereocenters. The second kappa shape index (κ2) is 10.1. The van der Waals surface area contributed by atoms with Gasteiger partial charge in [-0.05, 0) is 55.3 Å². The number of halogens is 3. The molecule has 0 aliphatic carbocycles. The molecule has 1 aliphatic rings. The number of anilines is 2. The van der Waals surface area contributed by atoms with E-state index in [0.717, 1.165) is 23.3 Å². The Balaban J connectivity index is 1.42. The Morgan fingerprint density at radius 3 is 2.43 bits per heavy atom. The maximum Gasteiger partial charge on any atom is 0.240 e. The van der Waals surface area contributed by atoms with Crippen molar-refractivity contribution in [3.05, 3.63) is 101 Å². The van der Waals surface area contributed by atoms with Gasteiger partial charge < -0.3 is 20.5 Å². The van der Waals surface area contributed by atoms with E-state index in [-0.39, 0.29) is 18.3 Å². The van der Waals surface area contributed by atoms with Gasteiger partial charge in [-0.1, -0.05) is 29.8 Å². The number of carbonyl (C=O) groups excluding carboxylic acids is 1. The molecule has 9 heteroatoms. The summed E-state index contributed by atoms with van der Waals surface area (Å²) >= 11 is 0. The first-order chi connectivity index (χ1) is 17.8. The van der Waals surface area contributed by atoms with Gasteiger partial charge in [-0.15, -0.1) is 0 Å². The summed E-state index contributed by atoms with van der Waals surface area (Å²) in [6, 6.07) is 16.6. The van der Waals surface area contributed by atoms with Crippen molar-refractivity contribution in [1.29, 1.82) is 0 Å². The van der Waals surface area contributed by atoms with Crippen LogP contribution < -0.4 is 11.1 Å². The van der Waals surface area contributed by atoms with Crippen LogP contribution in [0.15, 0.2) is 66.7 Å². The molecule has 1 atom stereocenters. The summed E-state index contributed by atoms with van der Waals surface area (Å²) in [5, 5.41) is 3.14. The molecule has 4 aromatic rings. The monoisotopic (exact) mass is 505 g/mol. The molecule has 0 spiro atoms. The van der Waals surface area contributed by atoms with Crippen molar-refractivity contribution >= 4 is 17.4 Å². The lowest BCUT2D eigenvalue weighted by Crippen LogP contribution is -2.47. The van der Waals surface area contributed by atoms with E-state index in [0.29, 0.717) is 48.1 Å². The van der Waals surface area contributed by atoms with Crippen LogP contribution in [0.2, 0.25) is 0 Å². The molecule has 190 valence electrons. The second-order valence-electron chi connectivity index (χ2n) is 9.19. The predicted octanol–water partition coefficient (Wildman–Crippen LogP) is 4.93. The van der Waals surface area contributed by atoms with Gasteiger partial charge in [-0.25, -0.2) is 18.2 Å². The summed E-state index contributed by atoms with van der Waals surface area (Å²) in [5.41, 5.74) is 9.89. The molecule has 5 rings (SSSR count). The maximum absolute atomic E-state index is 13.9. The van der Waals surface area contributed by atoms with Crippen LogP contribution in [0.3, 0.4) is 0 Å². The predicted molar refractivity (Wildman–Crippen MR) is 136 cm³/mol. The number of nitrogens with zero attached hydrogens (tertiary/aromatic N) is 3. The summed E-state index contributed by atoms with van der Waals surface area (Å²) in [6.07, 6.45) is 0.424. The first kappa shape index (κ1) is 24.6. The van der Waals surface area contributed by atoms with E-state index in [1.807, 2.05) is 35.8 Å². The molecule has 1 aliphatic heterocycles. The molecule has 0 fully saturated rings. The van der Waals surface area contributed by atoms with Gasteiger partial charge in [0.15, 0.2) is 11.6 Å². The molecule has 37 heavy (non-hydrogen) atoms. The normalized spacial score (nSPS) is 13.8. The number of rotatable bonds is 6. The summed E-state index contributed by atoms with van der Waals surface area (Å²) in [7, 11) is 0. The van der Waals surface area contributed by atoms with Gasteiger partial charge in [-0.2, -0.15) is 0 Å². The number of nitrogens with two attached hydrogens (primary N) is 1. The Kier molecular flexibility index (Phi) is 6.71. The topological polar surface area (TPSA) is 76.2 Å². The van der Waals surface area contributed by atoms with Gasteiger partial charge in [0, 0.05) is 30.4 Å². The number of fused-ring (bicyclic) bond motifs is 1. The molecular formula is C28H26F3N5O. The van der Waals surface area contributed by atoms with E-state index >= 15 is 0 Å². The zero-order valence-corrected chi connectivity index (χ0v) is 20.2. The van der Waals surface area contributed by atoms with Crippen LogP contribution >= 0.6 is 0 Å². The molecule has 3 N–H and O–H groups in total. The summed E-state index contributed by atoms with van der Waals surface area (Å²) < 4.78 is 42.8. The average Bonchev–Trinajstić information content (AvgIpc) is 3.25. The van der Waals surface area contributed by atoms with Crippen LogP contribution in [0.5, 0.6) is 0 Å². The Morgan fingerprint density at radius 1 is 1.00 bits per heavy atom. The standard InChI is InChI=1S/C28H26F3N5O/c1-17-2-4-18(5-3-17)14-24(32)28(37)35-12-13-36-25(16-35)34-26(19-6-8-20(29)9-7-19)27(36)33-21-10-11-22(30)23(31)15-21/h2-11,15,24,33H,12-14,16,32H2,1H3/t24-/m0/s1. The van der Waals surface area contributed by atoms with Gasteiger partial charge in [0.2, 0.25) is 5.91 Å². The third-order valence-corrected chi connectivity index (χ3v) is 6.48. The molecule has 0 bridgehead atoms. The summed E-state index contributed by atoms with van der Waals surface area (Å²) in [5.74, 6) is -1.34. The minimum Gasteiger partial charge on any atom is -0.340 e. The SMILES string of the molecule is Cc1ccc(C[C@H](N)C(=O)N2CCn3c(nc(-c4ccc(F)cc4)c3Nc3ccc(F)c(F)c3)C2)cc1. The van der Waals surface area contributed by atoms with Crippen molar-refractivity contribution in [3.8, 4) is 11.3 Å². The second-order valence-corrected chi connectivity index (χ2v) is 9.19. The summed E-state index contributed by atoms with van der Waals surface area (Å²) in [4.78, 5) is 19.6. The lowest BCUT2D eigenvalue weighted by atomic mass is 10.0. The highest BCUT2D eigenvalue weighted by Crippen LogP contribution is 2.33. The quantitative estimate of drug-likeness (QED) is 0.390. The number of hydrogen-bond donors (Lipinski definition) is 2. The van der Waals surface area contributed by atoms with Crippen molar-refractivity contribution in [2.24, 2.45) is 5.73 Å². The van der Waals surface area contributed by atoms with Crippen molar-refractivity contribution < 1.29 is 18.0 Å². The van der Waals surface area contributed by atoms with E-state index in [9.17, 15) is 18.0 Å². The summed E-state index contributed by atoms with van der Waals surface area (Å²) in [6.45, 7) is 3.05. The van der Waals surface area contributed by atoms with Crippen molar-refractivity contribution in [2.45, 2.75) is 32.5 Å². The minimum atomic E-state index is -0.981. The largest absolute Gasteiger partial charge is 0.340 e. The molecule has 0 saturated carbocycles. The fourth-order valence-electron chi connectivity index (χ4n) is 4.47. The number of nitrogens with one attached hydrogen (secondary N) is 1. The molecule has 1 amide bonds. The number of aryl methyl sites for hydroxylation is 1. The highest BCUT2D eigenvalue weighted by atomic mass is 19.2. The van der Waals surface area contributed by atoms with Crippen molar-refractivity contribution in [2.75, 3.05) is 11.9 Å². The third kappa shape index (κ3) is 5.22. The van der Waals surface area contributed by atoms with Crippen LogP contribution in [0.25, 0.3) is 11.3 Å². The number of amides is 1. The molecule has 2 heterocycles. The molecule has 0 radical (unpaired) electrons. The van der Waals surface area contributed by atoms with Gasteiger partial charge in [-0.3, -0.25) is 4.79 Å². The zero-order chi connectivity index (χ0) is 26.1. The van der Waals surface area contributed by atoms with E-state index in [1.165, 1.54) is 18.2 Å². The highest BCUT2D eigenvalue weighted by molar-refractivity contribution is 5.82. The lowest BCUT2D eigenvalue weighted by molar-refractivity contribution is -0.134. The van der Waals surface area contributed by atoms with Gasteiger partial charge in [0.25, 0.3) is 0 Å². The van der Waals surface area contributed by atoms with E-state index < -0.39 is 17.7 Å². The van der Waals surface area contributed by atoms with E-state index in [2.05, 4.69) is 5.32 Å². The van der Waals surface area contributed by atoms with Gasteiger partial charge in [0.05, 0.1) is 12.6 Å². The van der Waals surface area contributed by atoms with Crippen molar-refractivity contribution in [3.63, 3.8) is 0 Å². The van der Waals surface area contributed by atoms with Crippen LogP contribution in [-0.2, 0) is 24.3 Å². The van der Waals surface area contributed by atoms with Crippen LogP contribution in [-0.4, -0.2) is 32.9 Å². The molecule has 6 nitrogen and oxygen atoms in total.